The van der Waals surface area contributed by atoms with Gasteiger partial charge < -0.3 is 13.9 Å². The Morgan fingerprint density at radius 1 is 1.14 bits per heavy atom. The molecule has 0 N–H and O–H groups in total. The van der Waals surface area contributed by atoms with Gasteiger partial charge in [-0.1, -0.05) is 23.2 Å². The second kappa shape index (κ2) is 5.71. The summed E-state index contributed by atoms with van der Waals surface area (Å²) in [5, 5.41) is 7.74. The number of aryl methyl sites for hydroxylation is 2. The molecule has 0 aliphatic carbocycles. The molecule has 0 aromatic carbocycles. The van der Waals surface area contributed by atoms with E-state index in [0.29, 0.717) is 12.2 Å². The lowest BCUT2D eigenvalue weighted by atomic mass is 10.1. The molecule has 1 fully saturated rings. The van der Waals surface area contributed by atoms with Crippen LogP contribution in [0, 0.1) is 13.8 Å². The third-order valence-corrected chi connectivity index (χ3v) is 3.83. The van der Waals surface area contributed by atoms with E-state index in [9.17, 15) is 4.79 Å². The largest absolute Gasteiger partial charge is 0.359 e. The number of carbonyl (C=O) groups excluding carboxylic acids is 1. The molecule has 0 saturated carbocycles. The predicted octanol–water partition coefficient (Wildman–Crippen LogP) is 3.04. The number of carbonyl (C=O) groups is 1. The summed E-state index contributed by atoms with van der Waals surface area (Å²) in [6, 6.07) is 3.50. The summed E-state index contributed by atoms with van der Waals surface area (Å²) in [6.07, 6.45) is 4.06. The minimum Gasteiger partial charge on any atom is -0.359 e. The van der Waals surface area contributed by atoms with Crippen molar-refractivity contribution in [1.29, 1.82) is 0 Å². The first-order valence-corrected chi connectivity index (χ1v) is 7.32. The molecule has 2 aromatic rings. The molecule has 2 aromatic heterocycles. The van der Waals surface area contributed by atoms with Crippen molar-refractivity contribution in [1.82, 2.24) is 15.2 Å². The number of hydrogen-bond donors (Lipinski definition) is 0. The molecule has 112 valence electrons. The van der Waals surface area contributed by atoms with Crippen LogP contribution in [0.3, 0.4) is 0 Å². The Morgan fingerprint density at radius 2 is 1.90 bits per heavy atom. The minimum absolute atomic E-state index is 0.0772. The molecular formula is C15H19N3O3. The van der Waals surface area contributed by atoms with Crippen LogP contribution in [0.4, 0.5) is 0 Å². The number of amides is 1. The maximum Gasteiger partial charge on any atom is 0.293 e. The van der Waals surface area contributed by atoms with Crippen molar-refractivity contribution in [2.24, 2.45) is 0 Å². The van der Waals surface area contributed by atoms with E-state index in [1.54, 1.807) is 13.0 Å². The molecule has 0 unspecified atom stereocenters. The second-order valence-corrected chi connectivity index (χ2v) is 5.57. The molecule has 21 heavy (non-hydrogen) atoms. The van der Waals surface area contributed by atoms with Crippen molar-refractivity contribution in [3.05, 3.63) is 35.0 Å². The quantitative estimate of drug-likeness (QED) is 0.849. The fraction of sp³-hybridized carbons (Fsp3) is 0.533. The first kappa shape index (κ1) is 13.9. The maximum atomic E-state index is 12.7. The molecule has 0 spiro atoms. The van der Waals surface area contributed by atoms with E-state index in [2.05, 4.69) is 10.3 Å². The molecule has 6 nitrogen and oxygen atoms in total. The van der Waals surface area contributed by atoms with E-state index in [1.165, 1.54) is 0 Å². The summed E-state index contributed by atoms with van der Waals surface area (Å²) >= 11 is 0. The van der Waals surface area contributed by atoms with Gasteiger partial charge in [-0.25, -0.2) is 0 Å². The zero-order valence-electron chi connectivity index (χ0n) is 12.3. The minimum atomic E-state index is -0.128. The second-order valence-electron chi connectivity index (χ2n) is 5.57. The summed E-state index contributed by atoms with van der Waals surface area (Å²) in [4.78, 5) is 14.5. The summed E-state index contributed by atoms with van der Waals surface area (Å²) in [5.41, 5.74) is 1.54. The van der Waals surface area contributed by atoms with E-state index in [4.69, 9.17) is 9.05 Å². The Hall–Kier alpha value is -2.11. The van der Waals surface area contributed by atoms with Gasteiger partial charge in [0.2, 0.25) is 5.76 Å². The van der Waals surface area contributed by atoms with Crippen molar-refractivity contribution in [2.75, 3.05) is 6.54 Å². The first-order valence-electron chi connectivity index (χ1n) is 7.32. The van der Waals surface area contributed by atoms with Crippen LogP contribution in [0.2, 0.25) is 0 Å². The molecule has 0 bridgehead atoms. The predicted molar refractivity (Wildman–Crippen MR) is 74.7 cm³/mol. The van der Waals surface area contributed by atoms with E-state index in [-0.39, 0.29) is 17.7 Å². The molecule has 0 radical (unpaired) electrons. The van der Waals surface area contributed by atoms with E-state index < -0.39 is 0 Å². The Balaban J connectivity index is 1.90. The van der Waals surface area contributed by atoms with Gasteiger partial charge in [0.05, 0.1) is 17.4 Å². The number of aromatic nitrogens is 2. The maximum absolute atomic E-state index is 12.7. The van der Waals surface area contributed by atoms with Crippen LogP contribution in [-0.2, 0) is 0 Å². The fourth-order valence-electron chi connectivity index (χ4n) is 2.79. The van der Waals surface area contributed by atoms with E-state index >= 15 is 0 Å². The highest BCUT2D eigenvalue weighted by molar-refractivity contribution is 5.91. The van der Waals surface area contributed by atoms with Gasteiger partial charge in [-0.05, 0) is 26.7 Å². The standard InChI is InChI=1S/C15H19N3O3/c1-10-8-13(20-16-10)12-6-4-3-5-7-18(12)15(19)14-9-11(2)17-21-14/h8-9,12H,3-7H2,1-2H3/t12-/m0/s1. The number of hydrogen-bond acceptors (Lipinski definition) is 5. The van der Waals surface area contributed by atoms with Crippen LogP contribution in [0.25, 0.3) is 0 Å². The average Bonchev–Trinajstić information content (AvgIpc) is 3.00. The van der Waals surface area contributed by atoms with Crippen LogP contribution in [0.5, 0.6) is 0 Å². The molecule has 1 saturated heterocycles. The molecule has 1 atom stereocenters. The summed E-state index contributed by atoms with van der Waals surface area (Å²) in [6.45, 7) is 4.39. The Bertz CT molecular complexity index is 632. The highest BCUT2D eigenvalue weighted by atomic mass is 16.5. The molecule has 3 heterocycles. The Morgan fingerprint density at radius 3 is 2.57 bits per heavy atom. The van der Waals surface area contributed by atoms with Gasteiger partial charge in [0.1, 0.15) is 0 Å². The molecule has 3 rings (SSSR count). The molecule has 6 heteroatoms. The smallest absolute Gasteiger partial charge is 0.293 e. The molecule has 1 aliphatic rings. The third kappa shape index (κ3) is 2.84. The zero-order valence-corrected chi connectivity index (χ0v) is 12.3. The van der Waals surface area contributed by atoms with E-state index in [0.717, 1.165) is 37.1 Å². The summed E-state index contributed by atoms with van der Waals surface area (Å²) in [5.74, 6) is 0.908. The van der Waals surface area contributed by atoms with Gasteiger partial charge in [-0.3, -0.25) is 4.79 Å². The zero-order chi connectivity index (χ0) is 14.8. The number of likely N-dealkylation sites (tertiary alicyclic amines) is 1. The first-order chi connectivity index (χ1) is 10.1. The summed E-state index contributed by atoms with van der Waals surface area (Å²) in [7, 11) is 0. The van der Waals surface area contributed by atoms with Crippen LogP contribution in [0.15, 0.2) is 21.2 Å². The fourth-order valence-corrected chi connectivity index (χ4v) is 2.79. The lowest BCUT2D eigenvalue weighted by molar-refractivity contribution is 0.0608. The lowest BCUT2D eigenvalue weighted by Crippen LogP contribution is -2.34. The van der Waals surface area contributed by atoms with Crippen molar-refractivity contribution >= 4 is 5.91 Å². The number of nitrogens with zero attached hydrogens (tertiary/aromatic N) is 3. The lowest BCUT2D eigenvalue weighted by Gasteiger charge is -2.27. The van der Waals surface area contributed by atoms with Crippen LogP contribution in [-0.4, -0.2) is 27.7 Å². The van der Waals surface area contributed by atoms with Gasteiger partial charge in [0, 0.05) is 18.7 Å². The Labute approximate surface area is 123 Å². The van der Waals surface area contributed by atoms with Gasteiger partial charge in [0.15, 0.2) is 5.76 Å². The third-order valence-electron chi connectivity index (χ3n) is 3.83. The number of rotatable bonds is 2. The van der Waals surface area contributed by atoms with Crippen LogP contribution in [0.1, 0.15) is 59.4 Å². The molecule has 1 aliphatic heterocycles. The highest BCUT2D eigenvalue weighted by Crippen LogP contribution is 2.31. The van der Waals surface area contributed by atoms with Gasteiger partial charge >= 0.3 is 0 Å². The normalized spacial score (nSPS) is 19.5. The monoisotopic (exact) mass is 289 g/mol. The topological polar surface area (TPSA) is 72.4 Å². The van der Waals surface area contributed by atoms with Gasteiger partial charge in [-0.2, -0.15) is 0 Å². The van der Waals surface area contributed by atoms with Gasteiger partial charge in [-0.15, -0.1) is 0 Å². The average molecular weight is 289 g/mol. The van der Waals surface area contributed by atoms with Crippen molar-refractivity contribution in [2.45, 2.75) is 45.6 Å². The SMILES string of the molecule is Cc1cc(C(=O)N2CCCCC[C@H]2c2cc(C)no2)on1. The molecular weight excluding hydrogens is 270 g/mol. The Kier molecular flexibility index (Phi) is 3.77. The van der Waals surface area contributed by atoms with Gasteiger partial charge in [0.25, 0.3) is 5.91 Å². The van der Waals surface area contributed by atoms with Crippen LogP contribution >= 0.6 is 0 Å². The highest BCUT2D eigenvalue weighted by Gasteiger charge is 2.31. The van der Waals surface area contributed by atoms with Crippen molar-refractivity contribution in [3.8, 4) is 0 Å². The molecule has 1 amide bonds. The van der Waals surface area contributed by atoms with Crippen LogP contribution < -0.4 is 0 Å². The summed E-state index contributed by atoms with van der Waals surface area (Å²) < 4.78 is 10.5. The van der Waals surface area contributed by atoms with E-state index in [1.807, 2.05) is 17.9 Å². The van der Waals surface area contributed by atoms with Crippen molar-refractivity contribution in [3.63, 3.8) is 0 Å². The van der Waals surface area contributed by atoms with Crippen molar-refractivity contribution < 1.29 is 13.8 Å².